The topological polar surface area (TPSA) is 41.1 Å². The smallest absolute Gasteiger partial charge is 0.238 e. The van der Waals surface area contributed by atoms with E-state index in [0.717, 1.165) is 12.2 Å². The number of hydrogen-bond donors (Lipinski definition) is 2. The van der Waals surface area contributed by atoms with Gasteiger partial charge in [-0.25, -0.2) is 0 Å². The van der Waals surface area contributed by atoms with Crippen LogP contribution in [0.4, 0.5) is 5.69 Å². The van der Waals surface area contributed by atoms with Crippen LogP contribution in [-0.2, 0) is 4.79 Å². The molecule has 1 aromatic carbocycles. The summed E-state index contributed by atoms with van der Waals surface area (Å²) in [5.41, 5.74) is 2.05. The van der Waals surface area contributed by atoms with Crippen LogP contribution < -0.4 is 10.6 Å². The molecule has 1 aromatic rings. The highest BCUT2D eigenvalue weighted by Gasteiger charge is 2.17. The Bertz CT molecular complexity index is 402. The molecule has 0 unspecified atom stereocenters. The van der Waals surface area contributed by atoms with Crippen LogP contribution in [0.1, 0.15) is 33.3 Å². The molecule has 0 aromatic heterocycles. The van der Waals surface area contributed by atoms with E-state index in [-0.39, 0.29) is 5.91 Å². The third-order valence-corrected chi connectivity index (χ3v) is 3.71. The van der Waals surface area contributed by atoms with E-state index in [1.54, 1.807) is 0 Å². The lowest BCUT2D eigenvalue weighted by Crippen LogP contribution is -2.35. The normalized spacial score (nSPS) is 11.4. The van der Waals surface area contributed by atoms with Crippen LogP contribution >= 0.6 is 0 Å². The van der Waals surface area contributed by atoms with Crippen LogP contribution in [0.2, 0.25) is 0 Å². The fraction of sp³-hybridized carbons (Fsp3) is 0.588. The number of hydrogen-bond acceptors (Lipinski definition) is 2. The van der Waals surface area contributed by atoms with Gasteiger partial charge >= 0.3 is 0 Å². The first-order chi connectivity index (χ1) is 9.40. The first-order valence-electron chi connectivity index (χ1n) is 7.47. The second-order valence-corrected chi connectivity index (χ2v) is 6.20. The third kappa shape index (κ3) is 5.74. The van der Waals surface area contributed by atoms with Gasteiger partial charge in [-0.15, -0.1) is 0 Å². The summed E-state index contributed by atoms with van der Waals surface area (Å²) in [6, 6.07) is 7.85. The highest BCUT2D eigenvalue weighted by atomic mass is 16.1. The minimum Gasteiger partial charge on any atom is -0.325 e. The molecule has 0 aliphatic carbocycles. The van der Waals surface area contributed by atoms with Crippen LogP contribution in [0.25, 0.3) is 0 Å². The van der Waals surface area contributed by atoms with Gasteiger partial charge in [0.2, 0.25) is 5.91 Å². The molecular weight excluding hydrogens is 248 g/mol. The molecule has 0 bridgehead atoms. The fourth-order valence-corrected chi connectivity index (χ4v) is 2.44. The summed E-state index contributed by atoms with van der Waals surface area (Å²) in [6.45, 7) is 12.2. The molecule has 0 radical (unpaired) electrons. The molecular formula is C17H28N2O. The molecule has 0 aliphatic heterocycles. The molecule has 112 valence electrons. The highest BCUT2D eigenvalue weighted by Crippen LogP contribution is 2.19. The molecule has 3 heteroatoms. The Kier molecular flexibility index (Phi) is 6.73. The van der Waals surface area contributed by atoms with Crippen molar-refractivity contribution in [3.05, 3.63) is 29.8 Å². The molecule has 0 fully saturated rings. The van der Waals surface area contributed by atoms with E-state index in [9.17, 15) is 4.79 Å². The Labute approximate surface area is 123 Å². The lowest BCUT2D eigenvalue weighted by atomic mass is 9.85. The number of carbonyl (C=O) groups excluding carboxylic acids is 1. The van der Waals surface area contributed by atoms with Crippen molar-refractivity contribution in [1.82, 2.24) is 5.32 Å². The quantitative estimate of drug-likeness (QED) is 0.801. The van der Waals surface area contributed by atoms with Crippen molar-refractivity contribution >= 4 is 11.6 Å². The number of rotatable bonds is 7. The maximum absolute atomic E-state index is 11.8. The third-order valence-electron chi connectivity index (χ3n) is 3.71. The Morgan fingerprint density at radius 1 is 1.05 bits per heavy atom. The van der Waals surface area contributed by atoms with Gasteiger partial charge in [0.1, 0.15) is 0 Å². The van der Waals surface area contributed by atoms with E-state index < -0.39 is 0 Å². The van der Waals surface area contributed by atoms with Crippen molar-refractivity contribution in [2.24, 2.45) is 17.8 Å². The molecule has 0 aliphatic rings. The van der Waals surface area contributed by atoms with Gasteiger partial charge in [-0.05, 0) is 43.4 Å². The zero-order valence-electron chi connectivity index (χ0n) is 13.4. The number of anilines is 1. The number of nitrogens with one attached hydrogen (secondary N) is 2. The van der Waals surface area contributed by atoms with Crippen LogP contribution in [0.5, 0.6) is 0 Å². The van der Waals surface area contributed by atoms with Gasteiger partial charge in [-0.3, -0.25) is 4.79 Å². The van der Waals surface area contributed by atoms with Crippen molar-refractivity contribution in [1.29, 1.82) is 0 Å². The van der Waals surface area contributed by atoms with Crippen molar-refractivity contribution < 1.29 is 4.79 Å². The summed E-state index contributed by atoms with van der Waals surface area (Å²) in [4.78, 5) is 11.8. The predicted molar refractivity (Wildman–Crippen MR) is 85.8 cm³/mol. The maximum Gasteiger partial charge on any atom is 0.238 e. The van der Waals surface area contributed by atoms with Gasteiger partial charge in [-0.2, -0.15) is 0 Å². The van der Waals surface area contributed by atoms with Gasteiger partial charge in [0, 0.05) is 5.69 Å². The lowest BCUT2D eigenvalue weighted by molar-refractivity contribution is -0.115. The minimum atomic E-state index is 0.0140. The number of aryl methyl sites for hydroxylation is 1. The molecule has 0 atom stereocenters. The second-order valence-electron chi connectivity index (χ2n) is 6.20. The van der Waals surface area contributed by atoms with Gasteiger partial charge < -0.3 is 10.6 Å². The molecule has 0 saturated carbocycles. The summed E-state index contributed by atoms with van der Waals surface area (Å²) in [6.07, 6.45) is 0. The van der Waals surface area contributed by atoms with E-state index >= 15 is 0 Å². The van der Waals surface area contributed by atoms with E-state index in [2.05, 4.69) is 38.3 Å². The van der Waals surface area contributed by atoms with E-state index in [1.807, 2.05) is 31.2 Å². The van der Waals surface area contributed by atoms with Gasteiger partial charge in [0.15, 0.2) is 0 Å². The summed E-state index contributed by atoms with van der Waals surface area (Å²) in [5.74, 6) is 1.87. The summed E-state index contributed by atoms with van der Waals surface area (Å²) in [7, 11) is 0. The van der Waals surface area contributed by atoms with Crippen molar-refractivity contribution in [3.8, 4) is 0 Å². The largest absolute Gasteiger partial charge is 0.325 e. The predicted octanol–water partition coefficient (Wildman–Crippen LogP) is 3.45. The Balaban J connectivity index is 2.34. The first-order valence-corrected chi connectivity index (χ1v) is 7.47. The van der Waals surface area contributed by atoms with Crippen molar-refractivity contribution in [2.45, 2.75) is 34.6 Å². The Hall–Kier alpha value is -1.35. The molecule has 0 spiro atoms. The highest BCUT2D eigenvalue weighted by molar-refractivity contribution is 5.92. The van der Waals surface area contributed by atoms with Crippen LogP contribution in [0, 0.1) is 24.7 Å². The average Bonchev–Trinajstić information content (AvgIpc) is 2.36. The Morgan fingerprint density at radius 3 is 2.10 bits per heavy atom. The fourth-order valence-electron chi connectivity index (χ4n) is 2.44. The monoisotopic (exact) mass is 276 g/mol. The first kappa shape index (κ1) is 16.7. The molecule has 1 amide bonds. The molecule has 0 heterocycles. The zero-order valence-corrected chi connectivity index (χ0v) is 13.4. The van der Waals surface area contributed by atoms with E-state index in [4.69, 9.17) is 0 Å². The van der Waals surface area contributed by atoms with Crippen LogP contribution in [0.15, 0.2) is 24.3 Å². The van der Waals surface area contributed by atoms with E-state index in [0.29, 0.717) is 24.3 Å². The van der Waals surface area contributed by atoms with Crippen molar-refractivity contribution in [2.75, 3.05) is 18.4 Å². The number of benzene rings is 1. The lowest BCUT2D eigenvalue weighted by Gasteiger charge is -2.25. The molecule has 3 nitrogen and oxygen atoms in total. The standard InChI is InChI=1S/C17H28N2O/c1-12(2)16(13(3)4)10-18-11-17(20)19-15-8-6-14(5)7-9-15/h6-9,12-13,16,18H,10-11H2,1-5H3,(H,19,20). The van der Waals surface area contributed by atoms with Crippen LogP contribution in [-0.4, -0.2) is 19.0 Å². The van der Waals surface area contributed by atoms with Gasteiger partial charge in [-0.1, -0.05) is 45.4 Å². The van der Waals surface area contributed by atoms with Crippen molar-refractivity contribution in [3.63, 3.8) is 0 Å². The molecule has 20 heavy (non-hydrogen) atoms. The SMILES string of the molecule is Cc1ccc(NC(=O)CNCC(C(C)C)C(C)C)cc1. The second kappa shape index (κ2) is 8.05. The van der Waals surface area contributed by atoms with E-state index in [1.165, 1.54) is 5.56 Å². The van der Waals surface area contributed by atoms with Crippen LogP contribution in [0.3, 0.4) is 0 Å². The maximum atomic E-state index is 11.8. The Morgan fingerprint density at radius 2 is 1.60 bits per heavy atom. The number of carbonyl (C=O) groups is 1. The summed E-state index contributed by atoms with van der Waals surface area (Å²) < 4.78 is 0. The van der Waals surface area contributed by atoms with Gasteiger partial charge in [0.05, 0.1) is 6.54 Å². The molecule has 2 N–H and O–H groups in total. The summed E-state index contributed by atoms with van der Waals surface area (Å²) in [5, 5.41) is 6.17. The minimum absolute atomic E-state index is 0.0140. The molecule has 1 rings (SSSR count). The average molecular weight is 276 g/mol. The summed E-state index contributed by atoms with van der Waals surface area (Å²) >= 11 is 0. The zero-order chi connectivity index (χ0) is 15.1. The number of amides is 1. The molecule has 0 saturated heterocycles. The van der Waals surface area contributed by atoms with Gasteiger partial charge in [0.25, 0.3) is 0 Å².